The average Bonchev–Trinajstić information content (AvgIpc) is 3.65. The molecule has 0 atom stereocenters. The molecular weight excluding hydrogens is 717 g/mol. The molecule has 4 heteroatoms. The molecule has 0 amide bonds. The number of hydrogen-bond donors (Lipinski definition) is 0. The molecule has 0 aliphatic heterocycles. The number of rotatable bonds is 5. The van der Waals surface area contributed by atoms with Gasteiger partial charge < -0.3 is 4.57 Å². The van der Waals surface area contributed by atoms with Crippen LogP contribution < -0.4 is 0 Å². The lowest BCUT2D eigenvalue weighted by molar-refractivity contribution is 1.07. The van der Waals surface area contributed by atoms with E-state index in [-0.39, 0.29) is 0 Å². The topological polar surface area (TPSA) is 43.6 Å². The van der Waals surface area contributed by atoms with Crippen molar-refractivity contribution in [1.29, 1.82) is 0 Å². The van der Waals surface area contributed by atoms with Gasteiger partial charge in [-0.25, -0.2) is 15.0 Å². The van der Waals surface area contributed by atoms with Crippen LogP contribution in [0.5, 0.6) is 0 Å². The van der Waals surface area contributed by atoms with E-state index in [4.69, 9.17) is 15.0 Å². The third-order valence-electron chi connectivity index (χ3n) is 11.8. The third-order valence-corrected chi connectivity index (χ3v) is 11.8. The van der Waals surface area contributed by atoms with E-state index in [0.29, 0.717) is 17.5 Å². The molecule has 12 rings (SSSR count). The molecule has 0 aliphatic carbocycles. The summed E-state index contributed by atoms with van der Waals surface area (Å²) >= 11 is 0. The molecule has 0 radical (unpaired) electrons. The first kappa shape index (κ1) is 33.2. The lowest BCUT2D eigenvalue weighted by Gasteiger charge is -2.17. The Bertz CT molecular complexity index is 3550. The fraction of sp³-hybridized carbons (Fsp3) is 0. The monoisotopic (exact) mass is 750 g/mol. The van der Waals surface area contributed by atoms with Crippen molar-refractivity contribution in [3.8, 4) is 51.0 Å². The van der Waals surface area contributed by atoms with Gasteiger partial charge in [0.15, 0.2) is 17.5 Å². The highest BCUT2D eigenvalue weighted by Crippen LogP contribution is 2.44. The van der Waals surface area contributed by atoms with Crippen LogP contribution in [0.4, 0.5) is 0 Å². The maximum atomic E-state index is 5.25. The van der Waals surface area contributed by atoms with Gasteiger partial charge in [-0.1, -0.05) is 158 Å². The van der Waals surface area contributed by atoms with Crippen molar-refractivity contribution >= 4 is 64.9 Å². The number of aromatic nitrogens is 4. The highest BCUT2D eigenvalue weighted by atomic mass is 15.0. The largest absolute Gasteiger partial charge is 0.309 e. The van der Waals surface area contributed by atoms with Gasteiger partial charge in [-0.3, -0.25) is 0 Å². The zero-order valence-electron chi connectivity index (χ0n) is 31.9. The van der Waals surface area contributed by atoms with Gasteiger partial charge in [0.2, 0.25) is 0 Å². The maximum Gasteiger partial charge on any atom is 0.164 e. The molecule has 0 saturated heterocycles. The van der Waals surface area contributed by atoms with Crippen LogP contribution in [0.3, 0.4) is 0 Å². The van der Waals surface area contributed by atoms with Crippen molar-refractivity contribution in [2.75, 3.05) is 0 Å². The standard InChI is InChI=1S/C55H34N4/c1-2-15-36(16-3-1)53-56-54(37-26-29-39(30-27-37)59-50-24-12-10-22-44(50)45-23-11-13-25-51(45)59)58-55(57-53)48-33-32-46(42-20-8-9-21-43(42)48)52-41-19-7-5-17-38(41)34-49-40-18-6-4-14-35(40)28-31-47(49)52/h1-34H. The number of nitrogens with zero attached hydrogens (tertiary/aromatic N) is 4. The summed E-state index contributed by atoms with van der Waals surface area (Å²) < 4.78 is 2.33. The van der Waals surface area contributed by atoms with Gasteiger partial charge in [0.1, 0.15) is 0 Å². The van der Waals surface area contributed by atoms with Gasteiger partial charge in [0.05, 0.1) is 11.0 Å². The van der Waals surface area contributed by atoms with Gasteiger partial charge >= 0.3 is 0 Å². The molecule has 0 spiro atoms. The quantitative estimate of drug-likeness (QED) is 0.130. The third kappa shape index (κ3) is 5.34. The fourth-order valence-corrected chi connectivity index (χ4v) is 9.12. The van der Waals surface area contributed by atoms with E-state index in [9.17, 15) is 0 Å². The van der Waals surface area contributed by atoms with E-state index < -0.39 is 0 Å². The van der Waals surface area contributed by atoms with Crippen molar-refractivity contribution in [1.82, 2.24) is 19.5 Å². The molecule has 0 unspecified atom stereocenters. The van der Waals surface area contributed by atoms with E-state index in [1.54, 1.807) is 0 Å². The minimum absolute atomic E-state index is 0.628. The second-order valence-electron chi connectivity index (χ2n) is 15.1. The van der Waals surface area contributed by atoms with Gasteiger partial charge in [0.25, 0.3) is 0 Å². The predicted octanol–water partition coefficient (Wildman–Crippen LogP) is 14.2. The second-order valence-corrected chi connectivity index (χ2v) is 15.1. The number of benzene rings is 10. The molecule has 0 fully saturated rings. The van der Waals surface area contributed by atoms with E-state index in [1.165, 1.54) is 65.3 Å². The molecule has 2 heterocycles. The van der Waals surface area contributed by atoms with Crippen LogP contribution in [-0.4, -0.2) is 19.5 Å². The van der Waals surface area contributed by atoms with Crippen LogP contribution in [0.1, 0.15) is 0 Å². The summed E-state index contributed by atoms with van der Waals surface area (Å²) in [5.74, 6) is 1.90. The smallest absolute Gasteiger partial charge is 0.164 e. The number of fused-ring (bicyclic) bond motifs is 8. The fourth-order valence-electron chi connectivity index (χ4n) is 9.12. The first-order valence-electron chi connectivity index (χ1n) is 20.0. The Morgan fingerprint density at radius 3 is 1.49 bits per heavy atom. The predicted molar refractivity (Wildman–Crippen MR) is 246 cm³/mol. The SMILES string of the molecule is c1ccc(-c2nc(-c3ccc(-n4c5ccccc5c5ccccc54)cc3)nc(-c3ccc(-c4c5ccccc5cc5c4ccc4ccccc45)c4ccccc34)n2)cc1. The molecule has 0 bridgehead atoms. The van der Waals surface area contributed by atoms with Crippen molar-refractivity contribution in [2.24, 2.45) is 0 Å². The van der Waals surface area contributed by atoms with Crippen molar-refractivity contribution in [3.63, 3.8) is 0 Å². The van der Waals surface area contributed by atoms with Crippen LogP contribution in [0.2, 0.25) is 0 Å². The maximum absolute atomic E-state index is 5.25. The van der Waals surface area contributed by atoms with E-state index >= 15 is 0 Å². The van der Waals surface area contributed by atoms with Gasteiger partial charge in [-0.2, -0.15) is 0 Å². The molecule has 4 nitrogen and oxygen atoms in total. The Balaban J connectivity index is 1.04. The Labute approximate surface area is 340 Å². The molecule has 2 aromatic heterocycles. The van der Waals surface area contributed by atoms with Crippen LogP contribution in [0, 0.1) is 0 Å². The number of para-hydroxylation sites is 2. The summed E-state index contributed by atoms with van der Waals surface area (Å²) in [5, 5.41) is 12.1. The molecule has 10 aromatic carbocycles. The highest BCUT2D eigenvalue weighted by molar-refractivity contribution is 6.23. The Morgan fingerprint density at radius 2 is 0.797 bits per heavy atom. The van der Waals surface area contributed by atoms with E-state index in [1.807, 2.05) is 18.2 Å². The van der Waals surface area contributed by atoms with Crippen molar-refractivity contribution in [2.45, 2.75) is 0 Å². The minimum atomic E-state index is 0.628. The molecule has 59 heavy (non-hydrogen) atoms. The first-order valence-corrected chi connectivity index (χ1v) is 20.0. The normalized spacial score (nSPS) is 11.7. The Morgan fingerprint density at radius 1 is 0.288 bits per heavy atom. The minimum Gasteiger partial charge on any atom is -0.309 e. The first-order chi connectivity index (χ1) is 29.3. The second kappa shape index (κ2) is 13.3. The molecule has 0 aliphatic rings. The Kier molecular flexibility index (Phi) is 7.50. The summed E-state index contributed by atoms with van der Waals surface area (Å²) in [4.78, 5) is 15.5. The van der Waals surface area contributed by atoms with Crippen LogP contribution in [0.15, 0.2) is 206 Å². The van der Waals surface area contributed by atoms with Crippen LogP contribution in [0.25, 0.3) is 116 Å². The molecule has 0 N–H and O–H groups in total. The lowest BCUT2D eigenvalue weighted by Crippen LogP contribution is -2.01. The zero-order valence-corrected chi connectivity index (χ0v) is 31.9. The highest BCUT2D eigenvalue weighted by Gasteiger charge is 2.19. The molecule has 274 valence electrons. The van der Waals surface area contributed by atoms with Gasteiger partial charge in [0, 0.05) is 33.2 Å². The van der Waals surface area contributed by atoms with Crippen molar-refractivity contribution in [3.05, 3.63) is 206 Å². The van der Waals surface area contributed by atoms with Crippen molar-refractivity contribution < 1.29 is 0 Å². The van der Waals surface area contributed by atoms with E-state index in [0.717, 1.165) is 33.2 Å². The molecule has 0 saturated carbocycles. The molecular formula is C55H34N4. The Hall–Kier alpha value is -7.95. The van der Waals surface area contributed by atoms with Crippen LogP contribution in [-0.2, 0) is 0 Å². The average molecular weight is 751 g/mol. The van der Waals surface area contributed by atoms with Gasteiger partial charge in [-0.15, -0.1) is 0 Å². The summed E-state index contributed by atoms with van der Waals surface area (Å²) in [5.41, 5.74) is 8.67. The zero-order chi connectivity index (χ0) is 38.9. The lowest BCUT2D eigenvalue weighted by atomic mass is 9.87. The summed E-state index contributed by atoms with van der Waals surface area (Å²) in [6.07, 6.45) is 0. The number of hydrogen-bond acceptors (Lipinski definition) is 3. The summed E-state index contributed by atoms with van der Waals surface area (Å²) in [6.45, 7) is 0. The van der Waals surface area contributed by atoms with Crippen LogP contribution >= 0.6 is 0 Å². The van der Waals surface area contributed by atoms with E-state index in [2.05, 4.69) is 193 Å². The van der Waals surface area contributed by atoms with Gasteiger partial charge in [-0.05, 0) is 103 Å². The summed E-state index contributed by atoms with van der Waals surface area (Å²) in [6, 6.07) is 73.4. The summed E-state index contributed by atoms with van der Waals surface area (Å²) in [7, 11) is 0. The molecule has 12 aromatic rings.